The molecule has 4 rings (SSSR count). The van der Waals surface area contributed by atoms with Crippen molar-refractivity contribution in [3.63, 3.8) is 0 Å². The van der Waals surface area contributed by atoms with Crippen LogP contribution in [-0.4, -0.2) is 12.6 Å². The highest BCUT2D eigenvalue weighted by Gasteiger charge is 2.21. The quantitative estimate of drug-likeness (QED) is 0.779. The first-order valence-corrected chi connectivity index (χ1v) is 8.22. The molecule has 25 heavy (non-hydrogen) atoms. The molecule has 0 atom stereocenters. The highest BCUT2D eigenvalue weighted by Crippen LogP contribution is 2.34. The molecule has 1 amide bonds. The maximum Gasteiger partial charge on any atom is 0.255 e. The molecule has 4 heteroatoms. The number of rotatable bonds is 3. The van der Waals surface area contributed by atoms with Crippen LogP contribution in [0, 0.1) is 0 Å². The highest BCUT2D eigenvalue weighted by atomic mass is 16.5. The van der Waals surface area contributed by atoms with E-state index in [0.29, 0.717) is 18.0 Å². The fourth-order valence-electron chi connectivity index (χ4n) is 2.96. The molecule has 0 unspecified atom stereocenters. The van der Waals surface area contributed by atoms with Gasteiger partial charge in [-0.3, -0.25) is 4.79 Å². The van der Waals surface area contributed by atoms with Crippen LogP contribution in [0.1, 0.15) is 15.9 Å². The SMILES string of the molecule is O=C(Nc1cccc2c1OCN(c1ccccc1)C2)c1ccccc1. The van der Waals surface area contributed by atoms with Gasteiger partial charge in [-0.1, -0.05) is 48.5 Å². The van der Waals surface area contributed by atoms with Gasteiger partial charge in [0.2, 0.25) is 0 Å². The molecule has 3 aromatic rings. The first kappa shape index (κ1) is 15.3. The number of carbonyl (C=O) groups excluding carboxylic acids is 1. The molecule has 0 aliphatic carbocycles. The molecule has 0 bridgehead atoms. The Hall–Kier alpha value is -3.27. The van der Waals surface area contributed by atoms with Crippen LogP contribution >= 0.6 is 0 Å². The van der Waals surface area contributed by atoms with Crippen molar-refractivity contribution in [2.75, 3.05) is 16.9 Å². The summed E-state index contributed by atoms with van der Waals surface area (Å²) in [5.41, 5.74) is 3.51. The summed E-state index contributed by atoms with van der Waals surface area (Å²) in [5, 5.41) is 2.96. The van der Waals surface area contributed by atoms with Gasteiger partial charge in [-0.25, -0.2) is 0 Å². The number of hydrogen-bond donors (Lipinski definition) is 1. The second kappa shape index (κ2) is 6.69. The number of benzene rings is 3. The summed E-state index contributed by atoms with van der Waals surface area (Å²) in [6.45, 7) is 1.20. The molecule has 0 radical (unpaired) electrons. The molecule has 1 aliphatic heterocycles. The van der Waals surface area contributed by atoms with Gasteiger partial charge in [0.15, 0.2) is 6.73 Å². The van der Waals surface area contributed by atoms with Crippen molar-refractivity contribution in [2.24, 2.45) is 0 Å². The van der Waals surface area contributed by atoms with Crippen molar-refractivity contribution in [3.05, 3.63) is 90.0 Å². The van der Waals surface area contributed by atoms with Crippen LogP contribution < -0.4 is 15.0 Å². The summed E-state index contributed by atoms with van der Waals surface area (Å²) in [7, 11) is 0. The maximum atomic E-state index is 12.4. The number of hydrogen-bond acceptors (Lipinski definition) is 3. The first-order valence-electron chi connectivity index (χ1n) is 8.22. The second-order valence-electron chi connectivity index (χ2n) is 5.92. The molecule has 1 N–H and O–H groups in total. The van der Waals surface area contributed by atoms with E-state index in [1.807, 2.05) is 54.6 Å². The minimum atomic E-state index is -0.136. The van der Waals surface area contributed by atoms with Crippen LogP contribution in [0.5, 0.6) is 5.75 Å². The molecule has 0 saturated heterocycles. The molecule has 124 valence electrons. The fourth-order valence-corrected chi connectivity index (χ4v) is 2.96. The molecule has 4 nitrogen and oxygen atoms in total. The Morgan fingerprint density at radius 2 is 1.60 bits per heavy atom. The number of fused-ring (bicyclic) bond motifs is 1. The van der Waals surface area contributed by atoms with Gasteiger partial charge in [-0.15, -0.1) is 0 Å². The molecule has 3 aromatic carbocycles. The van der Waals surface area contributed by atoms with Crippen LogP contribution in [-0.2, 0) is 6.54 Å². The van der Waals surface area contributed by atoms with Crippen LogP contribution in [0.3, 0.4) is 0 Å². The van der Waals surface area contributed by atoms with Crippen molar-refractivity contribution in [1.29, 1.82) is 0 Å². The highest BCUT2D eigenvalue weighted by molar-refractivity contribution is 6.05. The van der Waals surface area contributed by atoms with E-state index >= 15 is 0 Å². The third-order valence-corrected chi connectivity index (χ3v) is 4.23. The van der Waals surface area contributed by atoms with Crippen molar-refractivity contribution < 1.29 is 9.53 Å². The van der Waals surface area contributed by atoms with E-state index in [9.17, 15) is 4.79 Å². The van der Waals surface area contributed by atoms with Crippen LogP contribution in [0.25, 0.3) is 0 Å². The normalized spacial score (nSPS) is 12.9. The van der Waals surface area contributed by atoms with E-state index in [4.69, 9.17) is 4.74 Å². The predicted molar refractivity (Wildman–Crippen MR) is 99.0 cm³/mol. The lowest BCUT2D eigenvalue weighted by Gasteiger charge is -2.31. The third kappa shape index (κ3) is 3.19. The Morgan fingerprint density at radius 1 is 0.880 bits per heavy atom. The third-order valence-electron chi connectivity index (χ3n) is 4.23. The van der Waals surface area contributed by atoms with E-state index in [0.717, 1.165) is 23.5 Å². The number of nitrogens with zero attached hydrogens (tertiary/aromatic N) is 1. The van der Waals surface area contributed by atoms with E-state index in [1.165, 1.54) is 0 Å². The van der Waals surface area contributed by atoms with Crippen molar-refractivity contribution >= 4 is 17.3 Å². The summed E-state index contributed by atoms with van der Waals surface area (Å²) in [6, 6.07) is 25.2. The summed E-state index contributed by atoms with van der Waals surface area (Å²) in [6.07, 6.45) is 0. The van der Waals surface area contributed by atoms with E-state index in [-0.39, 0.29) is 5.91 Å². The van der Waals surface area contributed by atoms with Crippen molar-refractivity contribution in [2.45, 2.75) is 6.54 Å². The van der Waals surface area contributed by atoms with Gasteiger partial charge in [0.05, 0.1) is 5.69 Å². The number of anilines is 2. The minimum absolute atomic E-state index is 0.136. The molecule has 1 heterocycles. The zero-order valence-electron chi connectivity index (χ0n) is 13.7. The van der Waals surface area contributed by atoms with Crippen molar-refractivity contribution in [1.82, 2.24) is 0 Å². The fraction of sp³-hybridized carbons (Fsp3) is 0.0952. The summed E-state index contributed by atoms with van der Waals surface area (Å²) in [5.74, 6) is 0.613. The Bertz CT molecular complexity index is 879. The number of nitrogens with one attached hydrogen (secondary N) is 1. The number of carbonyl (C=O) groups is 1. The van der Waals surface area contributed by atoms with Crippen LogP contribution in [0.2, 0.25) is 0 Å². The van der Waals surface area contributed by atoms with Gasteiger partial charge < -0.3 is 15.0 Å². The summed E-state index contributed by atoms with van der Waals surface area (Å²) < 4.78 is 5.97. The second-order valence-corrected chi connectivity index (χ2v) is 5.92. The summed E-state index contributed by atoms with van der Waals surface area (Å²) >= 11 is 0. The standard InChI is InChI=1S/C21H18N2O2/c24-21(16-8-3-1-4-9-16)22-19-13-7-10-17-14-23(15-25-20(17)19)18-11-5-2-6-12-18/h1-13H,14-15H2,(H,22,24). The first-order chi connectivity index (χ1) is 12.3. The smallest absolute Gasteiger partial charge is 0.255 e. The molecular weight excluding hydrogens is 312 g/mol. The topological polar surface area (TPSA) is 41.6 Å². The number of ether oxygens (including phenoxy) is 1. The minimum Gasteiger partial charge on any atom is -0.471 e. The lowest BCUT2D eigenvalue weighted by Crippen LogP contribution is -2.32. The molecule has 0 aromatic heterocycles. The zero-order chi connectivity index (χ0) is 17.1. The average molecular weight is 330 g/mol. The molecule has 0 saturated carbocycles. The molecule has 0 spiro atoms. The Labute approximate surface area is 146 Å². The Kier molecular flexibility index (Phi) is 4.09. The predicted octanol–water partition coefficient (Wildman–Crippen LogP) is 4.30. The molecular formula is C21H18N2O2. The monoisotopic (exact) mass is 330 g/mol. The number of amides is 1. The van der Waals surface area contributed by atoms with E-state index in [2.05, 4.69) is 22.3 Å². The van der Waals surface area contributed by atoms with Gasteiger partial charge in [0.25, 0.3) is 5.91 Å². The Morgan fingerprint density at radius 3 is 2.36 bits per heavy atom. The van der Waals surface area contributed by atoms with E-state index < -0.39 is 0 Å². The number of para-hydroxylation sites is 2. The lowest BCUT2D eigenvalue weighted by molar-refractivity contribution is 0.102. The Balaban J connectivity index is 1.56. The molecule has 1 aliphatic rings. The van der Waals surface area contributed by atoms with Gasteiger partial charge in [-0.05, 0) is 30.3 Å². The largest absolute Gasteiger partial charge is 0.471 e. The van der Waals surface area contributed by atoms with Crippen molar-refractivity contribution in [3.8, 4) is 5.75 Å². The van der Waals surface area contributed by atoms with Gasteiger partial charge in [-0.2, -0.15) is 0 Å². The van der Waals surface area contributed by atoms with Gasteiger partial charge >= 0.3 is 0 Å². The van der Waals surface area contributed by atoms with Crippen LogP contribution in [0.4, 0.5) is 11.4 Å². The average Bonchev–Trinajstić information content (AvgIpc) is 2.69. The van der Waals surface area contributed by atoms with Crippen LogP contribution in [0.15, 0.2) is 78.9 Å². The zero-order valence-corrected chi connectivity index (χ0v) is 13.7. The molecule has 0 fully saturated rings. The maximum absolute atomic E-state index is 12.4. The van der Waals surface area contributed by atoms with Gasteiger partial charge in [0, 0.05) is 23.4 Å². The van der Waals surface area contributed by atoms with Gasteiger partial charge in [0.1, 0.15) is 5.75 Å². The summed E-state index contributed by atoms with van der Waals surface area (Å²) in [4.78, 5) is 14.6. The van der Waals surface area contributed by atoms with E-state index in [1.54, 1.807) is 12.1 Å². The lowest BCUT2D eigenvalue weighted by atomic mass is 10.1.